The highest BCUT2D eigenvalue weighted by atomic mass is 35.5. The number of rotatable bonds is 1. The maximum Gasteiger partial charge on any atom is 0.420 e. The van der Waals surface area contributed by atoms with E-state index in [0.717, 1.165) is 5.69 Å². The molecule has 0 saturated carbocycles. The monoisotopic (exact) mass is 296 g/mol. The van der Waals surface area contributed by atoms with Gasteiger partial charge in [-0.05, 0) is 32.0 Å². The van der Waals surface area contributed by atoms with E-state index in [1.165, 1.54) is 4.90 Å². The highest BCUT2D eigenvalue weighted by molar-refractivity contribution is 7.80. The molecule has 1 aromatic carbocycles. The molecule has 1 aromatic rings. The predicted molar refractivity (Wildman–Crippen MR) is 80.9 cm³/mol. The van der Waals surface area contributed by atoms with Gasteiger partial charge in [0.2, 0.25) is 0 Å². The molecule has 4 nitrogen and oxygen atoms in total. The fraction of sp³-hybridized carbons (Fsp3) is 0.231. The Bertz CT molecular complexity index is 574. The number of benzene rings is 1. The lowest BCUT2D eigenvalue weighted by molar-refractivity contribution is 0.183. The highest BCUT2D eigenvalue weighted by Crippen LogP contribution is 2.35. The SMILES string of the molecule is C=C(C)OC(=O)N1c2cc(Cl)ccc2NC(=S)[C@@H]1C. The van der Waals surface area contributed by atoms with E-state index in [1.807, 2.05) is 6.92 Å². The summed E-state index contributed by atoms with van der Waals surface area (Å²) in [4.78, 5) is 14.2. The molecule has 1 N–H and O–H groups in total. The second kappa shape index (κ2) is 5.19. The summed E-state index contributed by atoms with van der Waals surface area (Å²) < 4.78 is 5.07. The van der Waals surface area contributed by atoms with E-state index in [4.69, 9.17) is 28.6 Å². The van der Waals surface area contributed by atoms with E-state index in [9.17, 15) is 4.79 Å². The molecule has 19 heavy (non-hydrogen) atoms. The Morgan fingerprint density at radius 3 is 2.89 bits per heavy atom. The molecule has 0 aromatic heterocycles. The number of carbonyl (C=O) groups is 1. The summed E-state index contributed by atoms with van der Waals surface area (Å²) in [5.74, 6) is 0.324. The standard InChI is InChI=1S/C13H13ClN2O2S/c1-7(2)18-13(17)16-8(3)12(19)15-10-5-4-9(14)6-11(10)16/h4-6,8H,1H2,2-3H3,(H,15,19)/t8-/m0/s1. The molecule has 2 rings (SSSR count). The molecule has 0 saturated heterocycles. The molecule has 1 heterocycles. The van der Waals surface area contributed by atoms with Crippen molar-refractivity contribution in [2.45, 2.75) is 19.9 Å². The number of thiocarbonyl (C=S) groups is 1. The first-order valence-corrected chi connectivity index (χ1v) is 6.45. The third-order valence-electron chi connectivity index (χ3n) is 2.70. The maximum absolute atomic E-state index is 12.2. The first-order chi connectivity index (χ1) is 8.90. The van der Waals surface area contributed by atoms with E-state index in [-0.39, 0.29) is 6.04 Å². The minimum Gasteiger partial charge on any atom is -0.415 e. The zero-order valence-electron chi connectivity index (χ0n) is 10.6. The average Bonchev–Trinajstić information content (AvgIpc) is 2.30. The number of carbonyl (C=O) groups excluding carboxylic acids is 1. The van der Waals surface area contributed by atoms with Gasteiger partial charge < -0.3 is 10.1 Å². The van der Waals surface area contributed by atoms with Crippen molar-refractivity contribution in [2.75, 3.05) is 10.2 Å². The fourth-order valence-corrected chi connectivity index (χ4v) is 2.21. The minimum atomic E-state index is -0.521. The number of nitrogens with one attached hydrogen (secondary N) is 1. The van der Waals surface area contributed by atoms with Crippen molar-refractivity contribution in [3.8, 4) is 0 Å². The van der Waals surface area contributed by atoms with Gasteiger partial charge in [-0.25, -0.2) is 4.79 Å². The van der Waals surface area contributed by atoms with Gasteiger partial charge in [0.15, 0.2) is 0 Å². The van der Waals surface area contributed by atoms with Crippen LogP contribution in [0.1, 0.15) is 13.8 Å². The molecule has 0 bridgehead atoms. The molecule has 0 fully saturated rings. The molecule has 6 heteroatoms. The van der Waals surface area contributed by atoms with Crippen LogP contribution in [0.4, 0.5) is 16.2 Å². The van der Waals surface area contributed by atoms with Gasteiger partial charge in [0, 0.05) is 5.02 Å². The van der Waals surface area contributed by atoms with Crippen molar-refractivity contribution < 1.29 is 9.53 Å². The number of anilines is 2. The van der Waals surface area contributed by atoms with Crippen LogP contribution in [-0.4, -0.2) is 17.1 Å². The lowest BCUT2D eigenvalue weighted by Gasteiger charge is -2.35. The Morgan fingerprint density at radius 1 is 1.58 bits per heavy atom. The second-order valence-electron chi connectivity index (χ2n) is 4.27. The van der Waals surface area contributed by atoms with Crippen LogP contribution in [0.5, 0.6) is 0 Å². The van der Waals surface area contributed by atoms with Gasteiger partial charge in [-0.15, -0.1) is 0 Å². The van der Waals surface area contributed by atoms with Crippen LogP contribution in [0.15, 0.2) is 30.5 Å². The maximum atomic E-state index is 12.2. The van der Waals surface area contributed by atoms with Crippen LogP contribution in [0.2, 0.25) is 5.02 Å². The average molecular weight is 297 g/mol. The molecule has 0 aliphatic carbocycles. The number of nitrogens with zero attached hydrogens (tertiary/aromatic N) is 1. The Balaban J connectivity index is 2.46. The summed E-state index contributed by atoms with van der Waals surface area (Å²) in [6.07, 6.45) is -0.521. The number of fused-ring (bicyclic) bond motifs is 1. The van der Waals surface area contributed by atoms with Crippen LogP contribution in [0, 0.1) is 0 Å². The normalized spacial score (nSPS) is 17.5. The van der Waals surface area contributed by atoms with Gasteiger partial charge in [-0.3, -0.25) is 4.90 Å². The highest BCUT2D eigenvalue weighted by Gasteiger charge is 2.33. The molecular formula is C13H13ClN2O2S. The van der Waals surface area contributed by atoms with Gasteiger partial charge in [-0.1, -0.05) is 30.4 Å². The zero-order chi connectivity index (χ0) is 14.2. The van der Waals surface area contributed by atoms with E-state index < -0.39 is 6.09 Å². The molecule has 0 unspecified atom stereocenters. The molecule has 1 aliphatic rings. The molecular weight excluding hydrogens is 284 g/mol. The lowest BCUT2D eigenvalue weighted by Crippen LogP contribution is -2.48. The molecule has 1 aliphatic heterocycles. The molecule has 1 amide bonds. The van der Waals surface area contributed by atoms with Crippen molar-refractivity contribution in [1.82, 2.24) is 0 Å². The quantitative estimate of drug-likeness (QED) is 0.629. The number of allylic oxidation sites excluding steroid dienone is 1. The van der Waals surface area contributed by atoms with Crippen molar-refractivity contribution in [3.63, 3.8) is 0 Å². The smallest absolute Gasteiger partial charge is 0.415 e. The summed E-state index contributed by atoms with van der Waals surface area (Å²) in [6.45, 7) is 6.99. The van der Waals surface area contributed by atoms with Crippen LogP contribution in [-0.2, 0) is 4.74 Å². The van der Waals surface area contributed by atoms with E-state index >= 15 is 0 Å². The topological polar surface area (TPSA) is 41.6 Å². The Morgan fingerprint density at radius 2 is 2.26 bits per heavy atom. The number of hydrogen-bond donors (Lipinski definition) is 1. The number of amides is 1. The number of halogens is 1. The van der Waals surface area contributed by atoms with Crippen LogP contribution in [0.25, 0.3) is 0 Å². The zero-order valence-corrected chi connectivity index (χ0v) is 12.1. The van der Waals surface area contributed by atoms with E-state index in [2.05, 4.69) is 11.9 Å². The van der Waals surface area contributed by atoms with E-state index in [0.29, 0.717) is 21.5 Å². The Kier molecular flexibility index (Phi) is 3.78. The third kappa shape index (κ3) is 2.72. The summed E-state index contributed by atoms with van der Waals surface area (Å²) in [7, 11) is 0. The first kappa shape index (κ1) is 13.8. The van der Waals surface area contributed by atoms with Crippen LogP contribution in [0.3, 0.4) is 0 Å². The number of hydrogen-bond acceptors (Lipinski definition) is 3. The van der Waals surface area contributed by atoms with Gasteiger partial charge in [0.1, 0.15) is 4.99 Å². The molecule has 0 radical (unpaired) electrons. The molecule has 1 atom stereocenters. The molecule has 0 spiro atoms. The van der Waals surface area contributed by atoms with Gasteiger partial charge >= 0.3 is 6.09 Å². The van der Waals surface area contributed by atoms with Crippen LogP contribution < -0.4 is 10.2 Å². The second-order valence-corrected chi connectivity index (χ2v) is 5.14. The van der Waals surface area contributed by atoms with Gasteiger partial charge in [-0.2, -0.15) is 0 Å². The van der Waals surface area contributed by atoms with Gasteiger partial charge in [0.05, 0.1) is 23.2 Å². The Hall–Kier alpha value is -1.59. The predicted octanol–water partition coefficient (Wildman–Crippen LogP) is 3.96. The number of ether oxygens (including phenoxy) is 1. The largest absolute Gasteiger partial charge is 0.420 e. The van der Waals surface area contributed by atoms with Crippen molar-refractivity contribution in [1.29, 1.82) is 0 Å². The van der Waals surface area contributed by atoms with Crippen molar-refractivity contribution in [2.24, 2.45) is 0 Å². The summed E-state index contributed by atoms with van der Waals surface area (Å²) in [5, 5.41) is 3.61. The van der Waals surface area contributed by atoms with Crippen molar-refractivity contribution >= 4 is 46.3 Å². The minimum absolute atomic E-state index is 0.312. The van der Waals surface area contributed by atoms with Crippen molar-refractivity contribution in [3.05, 3.63) is 35.6 Å². The lowest BCUT2D eigenvalue weighted by atomic mass is 10.1. The fourth-order valence-electron chi connectivity index (χ4n) is 1.83. The Labute approximate surface area is 122 Å². The summed E-state index contributed by atoms with van der Waals surface area (Å²) in [5.41, 5.74) is 1.37. The summed E-state index contributed by atoms with van der Waals surface area (Å²) >= 11 is 11.2. The van der Waals surface area contributed by atoms with Gasteiger partial charge in [0.25, 0.3) is 0 Å². The van der Waals surface area contributed by atoms with E-state index in [1.54, 1.807) is 25.1 Å². The van der Waals surface area contributed by atoms with Crippen LogP contribution >= 0.6 is 23.8 Å². The molecule has 100 valence electrons. The first-order valence-electron chi connectivity index (χ1n) is 5.67. The third-order valence-corrected chi connectivity index (χ3v) is 3.38. The summed E-state index contributed by atoms with van der Waals surface area (Å²) in [6, 6.07) is 4.89.